The monoisotopic (exact) mass is 645 g/mol. The number of nitrogens with one attached hydrogen (secondary N) is 1. The molecule has 0 bridgehead atoms. The minimum Gasteiger partial charge on any atom is -0.366 e. The van der Waals surface area contributed by atoms with Gasteiger partial charge in [-0.25, -0.2) is 13.8 Å². The van der Waals surface area contributed by atoms with E-state index in [9.17, 15) is 23.2 Å². The Hall–Kier alpha value is -4.60. The number of hydrogen-bond donors (Lipinski definition) is 3. The van der Waals surface area contributed by atoms with Crippen molar-refractivity contribution >= 4 is 28.8 Å². The van der Waals surface area contributed by atoms with Crippen LogP contribution < -0.4 is 11.5 Å². The summed E-state index contributed by atoms with van der Waals surface area (Å²) in [7, 11) is 0. The molecule has 4 aromatic rings. The van der Waals surface area contributed by atoms with Crippen LogP contribution in [0.25, 0.3) is 11.0 Å². The van der Waals surface area contributed by atoms with Crippen molar-refractivity contribution in [3.63, 3.8) is 0 Å². The predicted molar refractivity (Wildman–Crippen MR) is 180 cm³/mol. The van der Waals surface area contributed by atoms with Crippen LogP contribution in [0.1, 0.15) is 101 Å². The molecule has 1 saturated carbocycles. The number of halogens is 2. The van der Waals surface area contributed by atoms with E-state index in [4.69, 9.17) is 11.5 Å². The molecule has 1 aromatic heterocycles. The van der Waals surface area contributed by atoms with Gasteiger partial charge >= 0.3 is 0 Å². The number of aryl methyl sites for hydroxylation is 2. The fourth-order valence-corrected chi connectivity index (χ4v) is 6.15. The number of rotatable bonds is 14. The molecule has 1 fully saturated rings. The van der Waals surface area contributed by atoms with E-state index in [-0.39, 0.29) is 22.6 Å². The molecular weight excluding hydrogens is 600 g/mol. The number of aromatic nitrogens is 2. The van der Waals surface area contributed by atoms with Gasteiger partial charge in [-0.15, -0.1) is 0 Å². The summed E-state index contributed by atoms with van der Waals surface area (Å²) in [6, 6.07) is 16.0. The van der Waals surface area contributed by atoms with E-state index in [1.54, 1.807) is 4.90 Å². The van der Waals surface area contributed by atoms with Crippen LogP contribution >= 0.6 is 0 Å². The van der Waals surface area contributed by atoms with Gasteiger partial charge < -0.3 is 21.4 Å². The molecule has 47 heavy (non-hydrogen) atoms. The zero-order valence-electron chi connectivity index (χ0n) is 27.2. The lowest BCUT2D eigenvalue weighted by Gasteiger charge is -2.34. The Morgan fingerprint density at radius 1 is 0.851 bits per heavy atom. The van der Waals surface area contributed by atoms with Crippen molar-refractivity contribution in [3.05, 3.63) is 100 Å². The molecule has 3 amide bonds. The number of benzene rings is 3. The minimum atomic E-state index is -0.704. The first-order valence-electron chi connectivity index (χ1n) is 16.5. The highest BCUT2D eigenvalue weighted by Gasteiger charge is 2.27. The summed E-state index contributed by atoms with van der Waals surface area (Å²) in [6.45, 7) is 5.17. The zero-order valence-corrected chi connectivity index (χ0v) is 27.2. The van der Waals surface area contributed by atoms with Crippen LogP contribution in [0.5, 0.6) is 0 Å². The molecule has 1 aliphatic rings. The standard InChI is InChI=1S/C22H24F2N2.C15H21N3O3/c23-18-12-15(13-19(24)14-18)8-9-17(16-4-3-5-16)10-11-22-25-20-6-1-2-7-21(20)26-22;1-3-5-18(6-4-2)15(21)12-8-10(13(16)19)7-11(9-12)14(17)20/h1-2,6-7,12-14,16-17H,3-5,8-11H2,(H,25,26);7-9H,3-6H2,1-2H3,(H2,16,19)(H2,17,20). The normalized spacial score (nSPS) is 13.4. The number of nitrogens with zero attached hydrogens (tertiary/aromatic N) is 2. The third-order valence-corrected chi connectivity index (χ3v) is 8.76. The first-order chi connectivity index (χ1) is 22.6. The van der Waals surface area contributed by atoms with Gasteiger partial charge in [0.2, 0.25) is 11.8 Å². The fraction of sp³-hybridized carbons (Fsp3) is 0.405. The SMILES string of the molecule is CCCN(CCC)C(=O)c1cc(C(N)=O)cc(C(N)=O)c1.Fc1cc(F)cc(CCC(CCc2nc3ccccc3[nH]2)C2CCC2)c1. The minimum absolute atomic E-state index is 0.0996. The quantitative estimate of drug-likeness (QED) is 0.136. The van der Waals surface area contributed by atoms with Gasteiger partial charge in [0.05, 0.1) is 11.0 Å². The lowest BCUT2D eigenvalue weighted by molar-refractivity contribution is 0.0755. The molecule has 1 heterocycles. The number of imidazole rings is 1. The molecule has 0 spiro atoms. The first kappa shape index (κ1) is 35.3. The van der Waals surface area contributed by atoms with E-state index in [1.807, 2.05) is 38.1 Å². The third kappa shape index (κ3) is 9.94. The summed E-state index contributed by atoms with van der Waals surface area (Å²) in [5.41, 5.74) is 13.8. The molecule has 5 rings (SSSR count). The number of para-hydroxylation sites is 2. The maximum absolute atomic E-state index is 13.4. The van der Waals surface area contributed by atoms with Crippen molar-refractivity contribution in [1.82, 2.24) is 14.9 Å². The van der Waals surface area contributed by atoms with E-state index in [1.165, 1.54) is 49.6 Å². The van der Waals surface area contributed by atoms with Crippen LogP contribution in [0.15, 0.2) is 60.7 Å². The van der Waals surface area contributed by atoms with Crippen LogP contribution in [0.4, 0.5) is 8.78 Å². The van der Waals surface area contributed by atoms with Crippen LogP contribution in [0.3, 0.4) is 0 Å². The summed E-state index contributed by atoms with van der Waals surface area (Å²) < 4.78 is 26.8. The Morgan fingerprint density at radius 3 is 1.96 bits per heavy atom. The lowest BCUT2D eigenvalue weighted by atomic mass is 9.72. The molecule has 1 unspecified atom stereocenters. The van der Waals surface area contributed by atoms with Crippen LogP contribution in [0, 0.1) is 23.5 Å². The van der Waals surface area contributed by atoms with Gasteiger partial charge in [-0.3, -0.25) is 14.4 Å². The van der Waals surface area contributed by atoms with Gasteiger partial charge in [0.1, 0.15) is 17.5 Å². The number of aromatic amines is 1. The predicted octanol–water partition coefficient (Wildman–Crippen LogP) is 6.97. The molecule has 10 heteroatoms. The maximum atomic E-state index is 13.4. The highest BCUT2D eigenvalue weighted by molar-refractivity contribution is 6.03. The number of primary amides is 2. The summed E-state index contributed by atoms with van der Waals surface area (Å²) in [5.74, 6) is -0.239. The summed E-state index contributed by atoms with van der Waals surface area (Å²) in [5, 5.41) is 0. The summed E-state index contributed by atoms with van der Waals surface area (Å²) in [6.07, 6.45) is 9.22. The molecule has 0 radical (unpaired) electrons. The van der Waals surface area contributed by atoms with Crippen molar-refractivity contribution in [2.45, 2.75) is 71.6 Å². The van der Waals surface area contributed by atoms with E-state index in [0.717, 1.165) is 72.9 Å². The van der Waals surface area contributed by atoms with E-state index in [0.29, 0.717) is 19.0 Å². The first-order valence-corrected chi connectivity index (χ1v) is 16.5. The van der Waals surface area contributed by atoms with Gasteiger partial charge in [0.25, 0.3) is 5.91 Å². The summed E-state index contributed by atoms with van der Waals surface area (Å²) in [4.78, 5) is 44.9. The molecule has 5 N–H and O–H groups in total. The second-order valence-corrected chi connectivity index (χ2v) is 12.3. The Morgan fingerprint density at radius 2 is 1.43 bits per heavy atom. The van der Waals surface area contributed by atoms with Gasteiger partial charge in [0.15, 0.2) is 0 Å². The van der Waals surface area contributed by atoms with Crippen molar-refractivity contribution in [1.29, 1.82) is 0 Å². The number of nitrogens with two attached hydrogens (primary N) is 2. The van der Waals surface area contributed by atoms with Crippen molar-refractivity contribution in [2.75, 3.05) is 13.1 Å². The summed E-state index contributed by atoms with van der Waals surface area (Å²) >= 11 is 0. The van der Waals surface area contributed by atoms with Crippen LogP contribution in [-0.4, -0.2) is 45.7 Å². The Labute approximate surface area is 274 Å². The molecule has 250 valence electrons. The average Bonchev–Trinajstić information content (AvgIpc) is 3.43. The number of carbonyl (C=O) groups is 3. The number of carbonyl (C=O) groups excluding carboxylic acids is 3. The molecule has 0 saturated heterocycles. The fourth-order valence-electron chi connectivity index (χ4n) is 6.15. The van der Waals surface area contributed by atoms with E-state index < -0.39 is 23.4 Å². The molecular formula is C37H45F2N5O3. The van der Waals surface area contributed by atoms with Crippen LogP contribution in [0.2, 0.25) is 0 Å². The topological polar surface area (TPSA) is 135 Å². The second kappa shape index (κ2) is 16.8. The Bertz CT molecular complexity index is 1590. The molecule has 0 aliphatic heterocycles. The molecule has 3 aromatic carbocycles. The third-order valence-electron chi connectivity index (χ3n) is 8.76. The van der Waals surface area contributed by atoms with Crippen molar-refractivity contribution in [3.8, 4) is 0 Å². The van der Waals surface area contributed by atoms with Gasteiger partial charge in [-0.05, 0) is 92.0 Å². The van der Waals surface area contributed by atoms with E-state index >= 15 is 0 Å². The van der Waals surface area contributed by atoms with Gasteiger partial charge in [-0.1, -0.05) is 45.2 Å². The smallest absolute Gasteiger partial charge is 0.253 e. The van der Waals surface area contributed by atoms with Gasteiger partial charge in [0, 0.05) is 42.3 Å². The van der Waals surface area contributed by atoms with Crippen molar-refractivity contribution in [2.24, 2.45) is 23.3 Å². The number of amides is 3. The number of H-pyrrole nitrogens is 1. The molecule has 1 atom stereocenters. The number of hydrogen-bond acceptors (Lipinski definition) is 4. The zero-order chi connectivity index (χ0) is 33.9. The average molecular weight is 646 g/mol. The highest BCUT2D eigenvalue weighted by Crippen LogP contribution is 2.38. The highest BCUT2D eigenvalue weighted by atomic mass is 19.1. The second-order valence-electron chi connectivity index (χ2n) is 12.3. The lowest BCUT2D eigenvalue weighted by Crippen LogP contribution is -2.33. The Kier molecular flexibility index (Phi) is 12.6. The van der Waals surface area contributed by atoms with Gasteiger partial charge in [-0.2, -0.15) is 0 Å². The molecule has 8 nitrogen and oxygen atoms in total. The van der Waals surface area contributed by atoms with Crippen molar-refractivity contribution < 1.29 is 23.2 Å². The number of fused-ring (bicyclic) bond motifs is 1. The largest absolute Gasteiger partial charge is 0.366 e. The van der Waals surface area contributed by atoms with E-state index in [2.05, 4.69) is 9.97 Å². The molecule has 1 aliphatic carbocycles. The Balaban J connectivity index is 0.000000219. The van der Waals surface area contributed by atoms with Crippen LogP contribution in [-0.2, 0) is 12.8 Å². The maximum Gasteiger partial charge on any atom is 0.253 e.